The van der Waals surface area contributed by atoms with Crippen LogP contribution in [0.15, 0.2) is 330 Å². The number of hydrogen-bond donors (Lipinski definition) is 10. The number of alkyl halides is 6. The molecule has 672 valence electrons. The summed E-state index contributed by atoms with van der Waals surface area (Å²) < 4.78 is 145. The number of aromatic hydroxyl groups is 4. The van der Waals surface area contributed by atoms with Crippen molar-refractivity contribution < 1.29 is 91.9 Å². The molecule has 0 heterocycles. The number of halogens is 12. The average molecular weight is 1970 g/mol. The van der Waals surface area contributed by atoms with Crippen molar-refractivity contribution in [2.75, 3.05) is 21.3 Å². The molecule has 0 saturated heterocycles. The fourth-order valence-electron chi connectivity index (χ4n) is 13.6. The Kier molecular flexibility index (Phi) is 27.0. The first kappa shape index (κ1) is 93.8. The SMILES string of the molecule is O=C(Nc1ccc(-c2ccc(NC(=O)c3cc4ccccc4c(N=Nc4cc(C(F)(F)F)ccc4Cl)c3O)c(Cl)c2)cc1Cl)c1cc2ccccc2c(N=Nc2cc(C(F)(F)F)ccc2Cl)c1O.O=C(Nc1ccc(-c2ccc(NC(=O)c3cc4ccccc4c(N=Nc4ccc(S(=O)(=O)O)cc4)c3O)c(Cl)c2)cc1Cl)c1cc2ccccc2c(N=Nc2ccc(S(=O)(=O)O)cc2)c1O. The number of nitrogens with one attached hydrogen (secondary N) is 4. The van der Waals surface area contributed by atoms with E-state index in [1.807, 2.05) is 0 Å². The highest BCUT2D eigenvalue weighted by Crippen LogP contribution is 2.48. The van der Waals surface area contributed by atoms with E-state index in [1.54, 1.807) is 146 Å². The van der Waals surface area contributed by atoms with E-state index in [-0.39, 0.29) is 130 Å². The molecule has 0 aliphatic heterocycles. The van der Waals surface area contributed by atoms with Crippen LogP contribution in [0.3, 0.4) is 0 Å². The molecule has 10 N–H and O–H groups in total. The van der Waals surface area contributed by atoms with Crippen molar-refractivity contribution in [1.29, 1.82) is 0 Å². The van der Waals surface area contributed by atoms with Crippen LogP contribution in [0.1, 0.15) is 52.6 Å². The molecule has 0 aliphatic carbocycles. The Morgan fingerprint density at radius 3 is 0.746 bits per heavy atom. The number of phenolic OH excluding ortho intramolecular Hbond substituents is 4. The number of azo groups is 4. The van der Waals surface area contributed by atoms with Gasteiger partial charge < -0.3 is 41.7 Å². The number of rotatable bonds is 20. The zero-order valence-corrected chi connectivity index (χ0v) is 73.6. The minimum Gasteiger partial charge on any atom is -0.505 e. The molecule has 16 aromatic carbocycles. The first-order chi connectivity index (χ1) is 63.7. The van der Waals surface area contributed by atoms with Crippen LogP contribution in [0.5, 0.6) is 23.0 Å². The van der Waals surface area contributed by atoms with Crippen LogP contribution in [0.2, 0.25) is 30.1 Å². The summed E-state index contributed by atoms with van der Waals surface area (Å²) in [6.45, 7) is 0. The first-order valence-electron chi connectivity index (χ1n) is 38.7. The van der Waals surface area contributed by atoms with Gasteiger partial charge in [0.1, 0.15) is 34.1 Å². The highest BCUT2D eigenvalue weighted by molar-refractivity contribution is 7.86. The van der Waals surface area contributed by atoms with Gasteiger partial charge in [-0.05, 0) is 202 Å². The molecule has 0 saturated carbocycles. The molecule has 0 aliphatic rings. The molecule has 0 atom stereocenters. The summed E-state index contributed by atoms with van der Waals surface area (Å²) in [7, 11) is -8.85. The average Bonchev–Trinajstić information content (AvgIpc) is 0.784. The summed E-state index contributed by atoms with van der Waals surface area (Å²) in [5, 5.41) is 92.1. The fourth-order valence-corrected chi connectivity index (χ4v) is 15.8. The number of nitrogens with zero attached hydrogens (tertiary/aromatic N) is 8. The van der Waals surface area contributed by atoms with E-state index in [2.05, 4.69) is 62.2 Å². The van der Waals surface area contributed by atoms with E-state index in [0.717, 1.165) is 48.5 Å². The summed E-state index contributed by atoms with van der Waals surface area (Å²) in [5.74, 6) is -5.26. The Bertz CT molecular complexity index is 7470. The van der Waals surface area contributed by atoms with Crippen molar-refractivity contribution in [2.24, 2.45) is 40.9 Å². The maximum absolute atomic E-state index is 13.7. The van der Waals surface area contributed by atoms with Gasteiger partial charge in [0.15, 0.2) is 23.0 Å². The smallest absolute Gasteiger partial charge is 0.416 e. The lowest BCUT2D eigenvalue weighted by Crippen LogP contribution is -2.13. The number of carbonyl (C=O) groups excluding carboxylic acids is 4. The van der Waals surface area contributed by atoms with E-state index in [0.29, 0.717) is 77.5 Å². The zero-order chi connectivity index (χ0) is 95.6. The minimum absolute atomic E-state index is 0.0258. The maximum Gasteiger partial charge on any atom is 0.416 e. The van der Waals surface area contributed by atoms with Gasteiger partial charge in [-0.1, -0.05) is 191 Å². The highest BCUT2D eigenvalue weighted by Gasteiger charge is 2.34. The van der Waals surface area contributed by atoms with E-state index >= 15 is 0 Å². The quantitative estimate of drug-likeness (QED) is 0.0193. The summed E-state index contributed by atoms with van der Waals surface area (Å²) >= 11 is 38.8. The lowest BCUT2D eigenvalue weighted by atomic mass is 10.0. The van der Waals surface area contributed by atoms with Gasteiger partial charge in [-0.25, -0.2) is 0 Å². The van der Waals surface area contributed by atoms with Gasteiger partial charge in [0, 0.05) is 21.5 Å². The van der Waals surface area contributed by atoms with Gasteiger partial charge in [0.2, 0.25) is 0 Å². The zero-order valence-electron chi connectivity index (χ0n) is 67.4. The third kappa shape index (κ3) is 20.9. The minimum atomic E-state index is -4.68. The predicted molar refractivity (Wildman–Crippen MR) is 500 cm³/mol. The van der Waals surface area contributed by atoms with E-state index in [9.17, 15) is 91.9 Å². The predicted octanol–water partition coefficient (Wildman–Crippen LogP) is 29.3. The van der Waals surface area contributed by atoms with Crippen LogP contribution in [-0.4, -0.2) is 70.0 Å². The standard InChI is InChI=1S/C48H26Cl4F6N6O4.C46H30Cl2N6O10S2/c49-33-13-11-27(47(53,54)55)21-39(33)61-63-41-29-7-3-1-5-25(29)17-31(43(41)65)45(67)59-37-15-9-23(19-35(37)51)24-10-16-38(36(52)20-24)60-46(68)32-18-26-6-2-4-8-30(26)42(44(32)66)64-62-40-22-28(48(56,57)58)12-14-34(40)50;47-37-23-25(9-19-39(37)49-45(57)35-21-27-5-1-3-7-33(27)41(43(35)55)53-51-29-11-15-31(16-12-29)65(59,60)61)26-10-20-40(38(48)24-26)50-46(58)36-22-28-6-2-4-8-34(28)42(44(36)56)54-52-30-13-17-32(18-14-30)66(62,63)64/h1-22,65-66H,(H,59,67)(H,60,68);1-24,55-56H,(H,49,57)(H,50,58)(H,59,60,61)(H,62,63,64). The lowest BCUT2D eigenvalue weighted by Gasteiger charge is -2.14. The third-order valence-electron chi connectivity index (χ3n) is 20.4. The Hall–Kier alpha value is -14.8. The van der Waals surface area contributed by atoms with Crippen molar-refractivity contribution in [1.82, 2.24) is 0 Å². The molecular weight excluding hydrogens is 1910 g/mol. The van der Waals surface area contributed by atoms with Crippen molar-refractivity contribution in [3.63, 3.8) is 0 Å². The first-order valence-corrected chi connectivity index (χ1v) is 43.8. The van der Waals surface area contributed by atoms with Crippen molar-refractivity contribution in [3.8, 4) is 45.3 Å². The second-order valence-electron chi connectivity index (χ2n) is 29.0. The summed E-state index contributed by atoms with van der Waals surface area (Å²) in [5.41, 5.74) is -0.592. The Morgan fingerprint density at radius 2 is 0.515 bits per heavy atom. The highest BCUT2D eigenvalue weighted by atomic mass is 35.5. The van der Waals surface area contributed by atoms with Gasteiger partial charge in [-0.2, -0.15) is 53.4 Å². The third-order valence-corrected chi connectivity index (χ3v) is 24.0. The normalized spacial score (nSPS) is 12.0. The van der Waals surface area contributed by atoms with Crippen molar-refractivity contribution in [3.05, 3.63) is 343 Å². The van der Waals surface area contributed by atoms with Gasteiger partial charge >= 0.3 is 12.4 Å². The molecule has 0 bridgehead atoms. The summed E-state index contributed by atoms with van der Waals surface area (Å²) in [6, 6.07) is 66.2. The second kappa shape index (κ2) is 38.5. The van der Waals surface area contributed by atoms with Gasteiger partial charge in [-0.15, -0.1) is 30.7 Å². The molecule has 0 fully saturated rings. The molecule has 0 aromatic heterocycles. The molecule has 134 heavy (non-hydrogen) atoms. The van der Waals surface area contributed by atoms with Crippen LogP contribution >= 0.6 is 69.6 Å². The molecule has 4 amide bonds. The van der Waals surface area contributed by atoms with Gasteiger partial charge in [0.25, 0.3) is 43.9 Å². The van der Waals surface area contributed by atoms with Crippen LogP contribution in [0.4, 0.5) is 94.6 Å². The number of carbonyl (C=O) groups is 4. The fraction of sp³-hybridized carbons (Fsp3) is 0.0213. The largest absolute Gasteiger partial charge is 0.505 e. The number of hydrogen-bond acceptors (Lipinski definition) is 20. The number of phenols is 4. The van der Waals surface area contributed by atoms with Gasteiger partial charge in [0.05, 0.1) is 107 Å². The number of benzene rings is 16. The van der Waals surface area contributed by atoms with Crippen LogP contribution in [-0.2, 0) is 32.6 Å². The number of fused-ring (bicyclic) bond motifs is 4. The molecule has 0 radical (unpaired) electrons. The molecule has 0 unspecified atom stereocenters. The monoisotopic (exact) mass is 1960 g/mol. The molecular formula is C94H56Cl6F6N12O14S2. The summed E-state index contributed by atoms with van der Waals surface area (Å²) in [4.78, 5) is 54.0. The molecule has 26 nitrogen and oxygen atoms in total. The molecule has 40 heteroatoms. The molecule has 0 spiro atoms. The molecule has 16 rings (SSSR count). The maximum atomic E-state index is 13.7. The van der Waals surface area contributed by atoms with E-state index < -0.39 is 90.3 Å². The number of anilines is 4. The van der Waals surface area contributed by atoms with Crippen LogP contribution in [0, 0.1) is 0 Å². The molecule has 16 aromatic rings. The van der Waals surface area contributed by atoms with Crippen LogP contribution < -0.4 is 21.3 Å². The Labute approximate surface area is 783 Å². The Morgan fingerprint density at radius 1 is 0.276 bits per heavy atom. The van der Waals surface area contributed by atoms with Crippen molar-refractivity contribution >= 4 is 225 Å². The summed E-state index contributed by atoms with van der Waals surface area (Å²) in [6.07, 6.45) is -9.37. The second-order valence-corrected chi connectivity index (χ2v) is 34.3. The Balaban J connectivity index is 0.000000204. The lowest BCUT2D eigenvalue weighted by molar-refractivity contribution is -0.138. The van der Waals surface area contributed by atoms with Crippen molar-refractivity contribution in [2.45, 2.75) is 22.1 Å². The van der Waals surface area contributed by atoms with Gasteiger partial charge in [-0.3, -0.25) is 28.3 Å². The topological polar surface area (TPSA) is 405 Å². The van der Waals surface area contributed by atoms with E-state index in [4.69, 9.17) is 69.6 Å². The van der Waals surface area contributed by atoms with E-state index in [1.165, 1.54) is 72.8 Å². The van der Waals surface area contributed by atoms with Crippen LogP contribution in [0.25, 0.3) is 65.3 Å². The number of amides is 4.